The number of fused-ring (bicyclic) bond motifs is 1. The molecule has 0 saturated carbocycles. The molecule has 0 bridgehead atoms. The Balaban J connectivity index is 2.11. The van der Waals surface area contributed by atoms with Crippen LogP contribution in [0.2, 0.25) is 0 Å². The van der Waals surface area contributed by atoms with E-state index in [9.17, 15) is 26.0 Å². The number of pyridine rings is 1. The maximum absolute atomic E-state index is 14.6. The molecule has 3 nitrogen and oxygen atoms in total. The summed E-state index contributed by atoms with van der Waals surface area (Å²) in [6.45, 7) is 0. The zero-order chi connectivity index (χ0) is 20.8. The molecule has 0 amide bonds. The van der Waals surface area contributed by atoms with Gasteiger partial charge in [0, 0.05) is 22.7 Å². The normalized spacial score (nSPS) is 11.7. The minimum absolute atomic E-state index is 0.0683. The molecule has 0 spiro atoms. The van der Waals surface area contributed by atoms with Gasteiger partial charge in [0.15, 0.2) is 11.6 Å². The highest BCUT2D eigenvalue weighted by atomic mass is 32.2. The van der Waals surface area contributed by atoms with Gasteiger partial charge in [0.1, 0.15) is 17.2 Å². The molecule has 0 fully saturated rings. The van der Waals surface area contributed by atoms with Crippen LogP contribution in [0.15, 0.2) is 76.7 Å². The van der Waals surface area contributed by atoms with Crippen LogP contribution in [-0.4, -0.2) is 13.4 Å². The topological polar surface area (TPSA) is 47.0 Å². The fourth-order valence-corrected chi connectivity index (χ4v) is 4.53. The second-order valence-electron chi connectivity index (χ2n) is 6.19. The number of para-hydroxylation sites is 1. The number of sulfone groups is 1. The fraction of sp³-hybridized carbons (Fsp3) is 0. The predicted octanol–water partition coefficient (Wildman–Crippen LogP) is 5.29. The van der Waals surface area contributed by atoms with E-state index in [-0.39, 0.29) is 22.0 Å². The van der Waals surface area contributed by atoms with Crippen LogP contribution in [0.25, 0.3) is 22.0 Å². The molecular formula is C21H11F4NO2S. The van der Waals surface area contributed by atoms with Crippen LogP contribution in [0.4, 0.5) is 17.6 Å². The molecule has 146 valence electrons. The van der Waals surface area contributed by atoms with E-state index in [1.54, 1.807) is 0 Å². The van der Waals surface area contributed by atoms with Gasteiger partial charge in [-0.15, -0.1) is 0 Å². The van der Waals surface area contributed by atoms with Gasteiger partial charge in [-0.05, 0) is 30.3 Å². The quantitative estimate of drug-likeness (QED) is 0.336. The molecule has 1 aromatic heterocycles. The Labute approximate surface area is 163 Å². The van der Waals surface area contributed by atoms with Crippen molar-refractivity contribution in [2.45, 2.75) is 9.79 Å². The molecule has 0 saturated heterocycles. The number of nitrogens with zero attached hydrogens (tertiary/aromatic N) is 1. The summed E-state index contributed by atoms with van der Waals surface area (Å²) in [6.07, 6.45) is 0.893. The van der Waals surface area contributed by atoms with E-state index >= 15 is 0 Å². The summed E-state index contributed by atoms with van der Waals surface area (Å²) >= 11 is 0. The highest BCUT2D eigenvalue weighted by Gasteiger charge is 2.27. The summed E-state index contributed by atoms with van der Waals surface area (Å²) in [7, 11) is -4.44. The number of hydrogen-bond acceptors (Lipinski definition) is 3. The van der Waals surface area contributed by atoms with Crippen molar-refractivity contribution in [2.75, 3.05) is 0 Å². The van der Waals surface area contributed by atoms with Crippen molar-refractivity contribution >= 4 is 20.7 Å². The summed E-state index contributed by atoms with van der Waals surface area (Å²) in [5.74, 6) is -4.00. The minimum Gasteiger partial charge on any atom is -0.252 e. The van der Waals surface area contributed by atoms with Crippen molar-refractivity contribution in [1.29, 1.82) is 0 Å². The lowest BCUT2D eigenvalue weighted by atomic mass is 10.0. The lowest BCUT2D eigenvalue weighted by Crippen LogP contribution is -2.07. The van der Waals surface area contributed by atoms with Gasteiger partial charge in [-0.25, -0.2) is 26.0 Å². The Kier molecular flexibility index (Phi) is 4.58. The number of hydrogen-bond donors (Lipinski definition) is 0. The second kappa shape index (κ2) is 6.97. The Morgan fingerprint density at radius 2 is 1.45 bits per heavy atom. The van der Waals surface area contributed by atoms with Gasteiger partial charge in [-0.2, -0.15) is 0 Å². The van der Waals surface area contributed by atoms with Crippen LogP contribution >= 0.6 is 0 Å². The van der Waals surface area contributed by atoms with Crippen molar-refractivity contribution in [1.82, 2.24) is 4.98 Å². The molecule has 29 heavy (non-hydrogen) atoms. The first-order valence-electron chi connectivity index (χ1n) is 8.33. The predicted molar refractivity (Wildman–Crippen MR) is 98.9 cm³/mol. The number of aromatic nitrogens is 1. The van der Waals surface area contributed by atoms with E-state index in [1.165, 1.54) is 30.3 Å². The van der Waals surface area contributed by atoms with Crippen molar-refractivity contribution in [3.05, 3.63) is 90.1 Å². The highest BCUT2D eigenvalue weighted by Crippen LogP contribution is 2.38. The van der Waals surface area contributed by atoms with E-state index in [1.807, 2.05) is 0 Å². The van der Waals surface area contributed by atoms with Crippen molar-refractivity contribution in [3.8, 4) is 11.1 Å². The Morgan fingerprint density at radius 3 is 2.17 bits per heavy atom. The smallest absolute Gasteiger partial charge is 0.208 e. The molecule has 0 unspecified atom stereocenters. The first-order valence-corrected chi connectivity index (χ1v) is 9.81. The van der Waals surface area contributed by atoms with Crippen LogP contribution in [-0.2, 0) is 9.84 Å². The fourth-order valence-electron chi connectivity index (χ4n) is 3.09. The number of halogens is 4. The molecule has 0 aliphatic rings. The standard InChI is InChI=1S/C21H11F4NO2S/c22-15-6-2-1-4-13(15)20-14-5-3-7-17(24)21(14)26-11-19(20)29(27,28)12-8-9-16(23)18(25)10-12/h1-11H. The van der Waals surface area contributed by atoms with Gasteiger partial charge >= 0.3 is 0 Å². The Hall–Kier alpha value is -3.26. The summed E-state index contributed by atoms with van der Waals surface area (Å²) in [4.78, 5) is 2.90. The number of rotatable bonds is 3. The first kappa shape index (κ1) is 19.1. The third-order valence-corrected chi connectivity index (χ3v) is 6.21. The minimum atomic E-state index is -4.44. The third-order valence-electron chi connectivity index (χ3n) is 4.45. The molecule has 4 aromatic rings. The molecule has 0 atom stereocenters. The molecule has 0 aliphatic heterocycles. The van der Waals surface area contributed by atoms with Gasteiger partial charge in [0.2, 0.25) is 9.84 Å². The van der Waals surface area contributed by atoms with Gasteiger partial charge in [0.05, 0.1) is 9.79 Å². The lowest BCUT2D eigenvalue weighted by Gasteiger charge is -2.14. The van der Waals surface area contributed by atoms with Crippen LogP contribution < -0.4 is 0 Å². The van der Waals surface area contributed by atoms with E-state index in [0.29, 0.717) is 12.1 Å². The lowest BCUT2D eigenvalue weighted by molar-refractivity contribution is 0.504. The second-order valence-corrected chi connectivity index (χ2v) is 8.11. The van der Waals surface area contributed by atoms with Crippen LogP contribution in [0.5, 0.6) is 0 Å². The third kappa shape index (κ3) is 3.15. The van der Waals surface area contributed by atoms with Gasteiger partial charge < -0.3 is 0 Å². The van der Waals surface area contributed by atoms with E-state index in [2.05, 4.69) is 4.98 Å². The van der Waals surface area contributed by atoms with E-state index < -0.39 is 42.9 Å². The monoisotopic (exact) mass is 417 g/mol. The molecule has 0 radical (unpaired) electrons. The highest BCUT2D eigenvalue weighted by molar-refractivity contribution is 7.91. The molecule has 1 heterocycles. The zero-order valence-electron chi connectivity index (χ0n) is 14.5. The molecule has 0 aliphatic carbocycles. The Bertz CT molecular complexity index is 1370. The first-order chi connectivity index (χ1) is 13.8. The Morgan fingerprint density at radius 1 is 0.724 bits per heavy atom. The van der Waals surface area contributed by atoms with Crippen molar-refractivity contribution in [2.24, 2.45) is 0 Å². The summed E-state index contributed by atoms with van der Waals surface area (Å²) in [5.41, 5.74) is -0.348. The molecule has 4 rings (SSSR count). The zero-order valence-corrected chi connectivity index (χ0v) is 15.4. The SMILES string of the molecule is O=S(=O)(c1ccc(F)c(F)c1)c1cnc2c(F)cccc2c1-c1ccccc1F. The van der Waals surface area contributed by atoms with E-state index in [4.69, 9.17) is 0 Å². The molecule has 8 heteroatoms. The largest absolute Gasteiger partial charge is 0.252 e. The van der Waals surface area contributed by atoms with Crippen LogP contribution in [0.1, 0.15) is 0 Å². The summed E-state index contributed by atoms with van der Waals surface area (Å²) in [6, 6.07) is 11.4. The maximum atomic E-state index is 14.6. The summed E-state index contributed by atoms with van der Waals surface area (Å²) < 4.78 is 82.1. The average molecular weight is 417 g/mol. The maximum Gasteiger partial charge on any atom is 0.208 e. The van der Waals surface area contributed by atoms with Crippen molar-refractivity contribution < 1.29 is 26.0 Å². The average Bonchev–Trinajstić information content (AvgIpc) is 2.70. The van der Waals surface area contributed by atoms with Crippen LogP contribution in [0, 0.1) is 23.3 Å². The molecule has 0 N–H and O–H groups in total. The molecular weight excluding hydrogens is 406 g/mol. The van der Waals surface area contributed by atoms with Gasteiger partial charge in [0.25, 0.3) is 0 Å². The summed E-state index contributed by atoms with van der Waals surface area (Å²) in [5, 5.41) is 0.0683. The van der Waals surface area contributed by atoms with Crippen molar-refractivity contribution in [3.63, 3.8) is 0 Å². The van der Waals surface area contributed by atoms with Gasteiger partial charge in [-0.3, -0.25) is 4.98 Å². The van der Waals surface area contributed by atoms with E-state index in [0.717, 1.165) is 24.4 Å². The number of benzene rings is 3. The molecule has 3 aromatic carbocycles. The van der Waals surface area contributed by atoms with Crippen LogP contribution in [0.3, 0.4) is 0 Å². The van der Waals surface area contributed by atoms with Gasteiger partial charge in [-0.1, -0.05) is 30.3 Å².